The Morgan fingerprint density at radius 2 is 1.93 bits per heavy atom. The van der Waals surface area contributed by atoms with Gasteiger partial charge in [-0.2, -0.15) is 0 Å². The van der Waals surface area contributed by atoms with Crippen molar-refractivity contribution < 1.29 is 9.47 Å². The molecule has 1 aromatic rings. The maximum Gasteiger partial charge on any atom is 0.137 e. The highest BCUT2D eigenvalue weighted by molar-refractivity contribution is 9.10. The van der Waals surface area contributed by atoms with Crippen molar-refractivity contribution in [2.75, 3.05) is 0 Å². The molecule has 0 saturated heterocycles. The molecule has 3 heteroatoms. The van der Waals surface area contributed by atoms with Crippen LogP contribution in [0.5, 0.6) is 11.5 Å². The largest absolute Gasteiger partial charge is 0.490 e. The molecule has 0 radical (unpaired) electrons. The van der Waals surface area contributed by atoms with Crippen molar-refractivity contribution in [1.82, 2.24) is 0 Å². The summed E-state index contributed by atoms with van der Waals surface area (Å²) in [6, 6.07) is 2.14. The molecule has 0 aromatic heterocycles. The van der Waals surface area contributed by atoms with Gasteiger partial charge < -0.3 is 9.47 Å². The minimum atomic E-state index is 0.288. The van der Waals surface area contributed by atoms with Gasteiger partial charge in [0.2, 0.25) is 0 Å². The summed E-state index contributed by atoms with van der Waals surface area (Å²) in [4.78, 5) is 0. The van der Waals surface area contributed by atoms with E-state index in [1.807, 2.05) is 0 Å². The molecule has 2 nitrogen and oxygen atoms in total. The minimum absolute atomic E-state index is 0.288. The average Bonchev–Trinajstić information content (AvgIpc) is 2.69. The lowest BCUT2D eigenvalue weighted by Gasteiger charge is -2.07. The highest BCUT2D eigenvalue weighted by Gasteiger charge is 2.30. The summed E-state index contributed by atoms with van der Waals surface area (Å²) < 4.78 is 12.7. The van der Waals surface area contributed by atoms with Crippen LogP contribution in [0.3, 0.4) is 0 Å². The molecule has 80 valence electrons. The number of hydrogen-bond donors (Lipinski definition) is 0. The monoisotopic (exact) mass is 268 g/mol. The molecule has 0 fully saturated rings. The molecule has 0 N–H and O–H groups in total. The Kier molecular flexibility index (Phi) is 2.00. The quantitative estimate of drug-likeness (QED) is 0.720. The first-order chi connectivity index (χ1) is 7.15. The predicted molar refractivity (Wildman–Crippen MR) is 61.7 cm³/mol. The van der Waals surface area contributed by atoms with E-state index in [-0.39, 0.29) is 12.2 Å². The molecule has 2 heterocycles. The summed E-state index contributed by atoms with van der Waals surface area (Å²) in [7, 11) is 0. The van der Waals surface area contributed by atoms with Gasteiger partial charge in [0, 0.05) is 24.0 Å². The van der Waals surface area contributed by atoms with Gasteiger partial charge in [0.15, 0.2) is 0 Å². The summed E-state index contributed by atoms with van der Waals surface area (Å²) in [5.41, 5.74) is 2.53. The predicted octanol–water partition coefficient (Wildman–Crippen LogP) is 3.10. The zero-order valence-electron chi connectivity index (χ0n) is 8.84. The van der Waals surface area contributed by atoms with Crippen LogP contribution in [0.25, 0.3) is 0 Å². The van der Waals surface area contributed by atoms with Gasteiger partial charge in [-0.1, -0.05) is 0 Å². The number of rotatable bonds is 0. The molecule has 0 saturated carbocycles. The summed E-state index contributed by atoms with van der Waals surface area (Å²) in [5.74, 6) is 2.06. The van der Waals surface area contributed by atoms with E-state index in [1.54, 1.807) is 0 Å². The van der Waals surface area contributed by atoms with Crippen LogP contribution in [0.4, 0.5) is 0 Å². The molecule has 15 heavy (non-hydrogen) atoms. The van der Waals surface area contributed by atoms with Gasteiger partial charge in [-0.25, -0.2) is 0 Å². The fourth-order valence-electron chi connectivity index (χ4n) is 2.37. The molecule has 1 aromatic carbocycles. The molecular weight excluding hydrogens is 256 g/mol. The van der Waals surface area contributed by atoms with Crippen LogP contribution in [0.2, 0.25) is 0 Å². The van der Waals surface area contributed by atoms with E-state index in [1.165, 1.54) is 11.1 Å². The van der Waals surface area contributed by atoms with Gasteiger partial charge in [-0.15, -0.1) is 0 Å². The first kappa shape index (κ1) is 9.52. The van der Waals surface area contributed by atoms with Gasteiger partial charge in [-0.05, 0) is 35.8 Å². The molecule has 3 rings (SSSR count). The Morgan fingerprint density at radius 3 is 2.73 bits per heavy atom. The van der Waals surface area contributed by atoms with Crippen LogP contribution in [-0.2, 0) is 12.8 Å². The zero-order valence-corrected chi connectivity index (χ0v) is 10.4. The topological polar surface area (TPSA) is 18.5 Å². The van der Waals surface area contributed by atoms with Crippen molar-refractivity contribution in [3.63, 3.8) is 0 Å². The number of hydrogen-bond acceptors (Lipinski definition) is 2. The van der Waals surface area contributed by atoms with Crippen LogP contribution < -0.4 is 9.47 Å². The second kappa shape index (κ2) is 3.14. The average molecular weight is 269 g/mol. The minimum Gasteiger partial charge on any atom is -0.490 e. The zero-order chi connectivity index (χ0) is 10.6. The molecule has 0 aliphatic carbocycles. The summed E-state index contributed by atoms with van der Waals surface area (Å²) >= 11 is 3.63. The fraction of sp³-hybridized carbons (Fsp3) is 0.500. The van der Waals surface area contributed by atoms with Gasteiger partial charge in [0.25, 0.3) is 0 Å². The van der Waals surface area contributed by atoms with Crippen molar-refractivity contribution in [3.05, 3.63) is 21.7 Å². The van der Waals surface area contributed by atoms with Gasteiger partial charge >= 0.3 is 0 Å². The lowest BCUT2D eigenvalue weighted by atomic mass is 10.1. The van der Waals surface area contributed by atoms with Gasteiger partial charge in [0.05, 0.1) is 4.47 Å². The molecule has 2 aliphatic heterocycles. The third kappa shape index (κ3) is 1.36. The lowest BCUT2D eigenvalue weighted by Crippen LogP contribution is -2.06. The van der Waals surface area contributed by atoms with E-state index in [2.05, 4.69) is 35.8 Å². The Labute approximate surface area is 97.7 Å². The van der Waals surface area contributed by atoms with Crippen LogP contribution in [0.1, 0.15) is 25.0 Å². The number of halogens is 1. The second-order valence-electron chi connectivity index (χ2n) is 4.42. The molecule has 0 bridgehead atoms. The SMILES string of the molecule is CC1Cc2c(cc3c(c2Br)OC(C)C3)O1. The molecule has 2 aliphatic rings. The van der Waals surface area contributed by atoms with E-state index >= 15 is 0 Å². The first-order valence-corrected chi connectivity index (χ1v) is 6.12. The van der Waals surface area contributed by atoms with Crippen LogP contribution in [-0.4, -0.2) is 12.2 Å². The van der Waals surface area contributed by atoms with Gasteiger partial charge in [-0.3, -0.25) is 0 Å². The smallest absolute Gasteiger partial charge is 0.137 e. The molecule has 0 amide bonds. The standard InChI is InChI=1S/C12H13BrO2/c1-6-3-8-5-10-9(4-7(2)14-10)11(13)12(8)15-6/h5-7H,3-4H2,1-2H3. The normalized spacial score (nSPS) is 26.9. The van der Waals surface area contributed by atoms with Crippen LogP contribution >= 0.6 is 15.9 Å². The van der Waals surface area contributed by atoms with Crippen LogP contribution in [0, 0.1) is 0 Å². The van der Waals surface area contributed by atoms with Crippen molar-refractivity contribution in [2.24, 2.45) is 0 Å². The maximum atomic E-state index is 5.80. The van der Waals surface area contributed by atoms with Crippen molar-refractivity contribution >= 4 is 15.9 Å². The lowest BCUT2D eigenvalue weighted by molar-refractivity contribution is 0.252. The Bertz CT molecular complexity index is 392. The highest BCUT2D eigenvalue weighted by atomic mass is 79.9. The van der Waals surface area contributed by atoms with E-state index in [0.717, 1.165) is 28.8 Å². The van der Waals surface area contributed by atoms with Crippen molar-refractivity contribution in [3.8, 4) is 11.5 Å². The maximum absolute atomic E-state index is 5.80. The molecular formula is C12H13BrO2. The third-order valence-electron chi connectivity index (χ3n) is 3.00. The molecule has 0 spiro atoms. The molecule has 2 atom stereocenters. The second-order valence-corrected chi connectivity index (χ2v) is 5.21. The molecule has 2 unspecified atom stereocenters. The van der Waals surface area contributed by atoms with E-state index in [9.17, 15) is 0 Å². The summed E-state index contributed by atoms with van der Waals surface area (Å²) in [5, 5.41) is 0. The number of fused-ring (bicyclic) bond motifs is 2. The first-order valence-electron chi connectivity index (χ1n) is 5.32. The Hall–Kier alpha value is -0.700. The number of ether oxygens (including phenoxy) is 2. The van der Waals surface area contributed by atoms with Crippen LogP contribution in [0.15, 0.2) is 10.5 Å². The van der Waals surface area contributed by atoms with Crippen molar-refractivity contribution in [1.29, 1.82) is 0 Å². The highest BCUT2D eigenvalue weighted by Crippen LogP contribution is 2.45. The van der Waals surface area contributed by atoms with Crippen molar-refractivity contribution in [2.45, 2.75) is 38.9 Å². The Morgan fingerprint density at radius 1 is 1.20 bits per heavy atom. The van der Waals surface area contributed by atoms with E-state index in [0.29, 0.717) is 0 Å². The summed E-state index contributed by atoms with van der Waals surface area (Å²) in [6.07, 6.45) is 2.53. The van der Waals surface area contributed by atoms with E-state index in [4.69, 9.17) is 9.47 Å². The third-order valence-corrected chi connectivity index (χ3v) is 3.84. The summed E-state index contributed by atoms with van der Waals surface area (Å²) in [6.45, 7) is 4.20. The Balaban J connectivity index is 2.14. The van der Waals surface area contributed by atoms with Gasteiger partial charge in [0.1, 0.15) is 23.7 Å². The van der Waals surface area contributed by atoms with E-state index < -0.39 is 0 Å². The fourth-order valence-corrected chi connectivity index (χ4v) is 3.08. The number of benzene rings is 1.